The maximum Gasteiger partial charge on any atom is 0.243 e. The van der Waals surface area contributed by atoms with Crippen LogP contribution < -0.4 is 10.1 Å². The van der Waals surface area contributed by atoms with Gasteiger partial charge in [-0.25, -0.2) is 8.42 Å². The molecule has 0 bridgehead atoms. The third-order valence-electron chi connectivity index (χ3n) is 4.73. The van der Waals surface area contributed by atoms with Crippen molar-refractivity contribution in [1.82, 2.24) is 9.62 Å². The summed E-state index contributed by atoms with van der Waals surface area (Å²) < 4.78 is 33.6. The quantitative estimate of drug-likeness (QED) is 0.838. The molecule has 8 heteroatoms. The molecule has 4 rings (SSSR count). The molecule has 140 valence electrons. The monoisotopic (exact) mass is 414 g/mol. The molecule has 1 unspecified atom stereocenters. The number of sulfonamides is 1. The highest BCUT2D eigenvalue weighted by atomic mass is 35.5. The van der Waals surface area contributed by atoms with Crippen LogP contribution in [-0.4, -0.2) is 39.0 Å². The number of hydrogen-bond acceptors (Lipinski definition) is 4. The van der Waals surface area contributed by atoms with Gasteiger partial charge in [-0.15, -0.1) is 12.4 Å². The molecule has 0 aliphatic carbocycles. The lowest BCUT2D eigenvalue weighted by molar-refractivity contribution is 0.271. The van der Waals surface area contributed by atoms with Gasteiger partial charge in [-0.2, -0.15) is 4.31 Å². The van der Waals surface area contributed by atoms with Crippen molar-refractivity contribution in [2.24, 2.45) is 0 Å². The number of nitrogens with one attached hydrogen (secondary N) is 1. The second-order valence-corrected chi connectivity index (χ2v) is 8.52. The predicted molar refractivity (Wildman–Crippen MR) is 104 cm³/mol. The van der Waals surface area contributed by atoms with Crippen LogP contribution in [0.3, 0.4) is 0 Å². The summed E-state index contributed by atoms with van der Waals surface area (Å²) >= 11 is 6.33. The van der Waals surface area contributed by atoms with Crippen molar-refractivity contribution in [3.8, 4) is 5.75 Å². The van der Waals surface area contributed by atoms with Crippen molar-refractivity contribution in [2.75, 3.05) is 26.2 Å². The fraction of sp³-hybridized carbons (Fsp3) is 0.333. The third-order valence-corrected chi connectivity index (χ3v) is 6.97. The predicted octanol–water partition coefficient (Wildman–Crippen LogP) is 3.03. The molecule has 2 aliphatic heterocycles. The maximum absolute atomic E-state index is 13.3. The molecule has 2 heterocycles. The van der Waals surface area contributed by atoms with Gasteiger partial charge in [0.2, 0.25) is 10.0 Å². The molecule has 5 nitrogen and oxygen atoms in total. The van der Waals surface area contributed by atoms with Gasteiger partial charge in [0, 0.05) is 31.1 Å². The Morgan fingerprint density at radius 3 is 2.81 bits per heavy atom. The van der Waals surface area contributed by atoms with E-state index in [0.717, 1.165) is 23.3 Å². The minimum Gasteiger partial charge on any atom is -0.493 e. The van der Waals surface area contributed by atoms with Crippen LogP contribution in [0.4, 0.5) is 0 Å². The first-order chi connectivity index (χ1) is 12.1. The van der Waals surface area contributed by atoms with Gasteiger partial charge in [0.15, 0.2) is 0 Å². The van der Waals surface area contributed by atoms with E-state index in [2.05, 4.69) is 5.32 Å². The molecule has 0 aromatic heterocycles. The molecule has 0 saturated carbocycles. The lowest BCUT2D eigenvalue weighted by Crippen LogP contribution is -2.48. The Balaban J connectivity index is 0.00000196. The van der Waals surface area contributed by atoms with E-state index in [9.17, 15) is 8.42 Å². The van der Waals surface area contributed by atoms with Crippen molar-refractivity contribution in [1.29, 1.82) is 0 Å². The summed E-state index contributed by atoms with van der Waals surface area (Å²) in [6, 6.07) is 12.2. The SMILES string of the molecule is Cl.O=S(=O)(c1ccc2c(c1)CCO2)N1CCNCC1c1ccccc1Cl. The third kappa shape index (κ3) is 3.44. The van der Waals surface area contributed by atoms with Crippen LogP contribution in [0, 0.1) is 0 Å². The zero-order valence-corrected chi connectivity index (χ0v) is 16.4. The lowest BCUT2D eigenvalue weighted by Gasteiger charge is -2.35. The molecule has 26 heavy (non-hydrogen) atoms. The molecular formula is C18H20Cl2N2O3S. The number of ether oxygens (including phenoxy) is 1. The first-order valence-electron chi connectivity index (χ1n) is 8.30. The summed E-state index contributed by atoms with van der Waals surface area (Å²) in [5.74, 6) is 0.780. The minimum atomic E-state index is -3.62. The van der Waals surface area contributed by atoms with Gasteiger partial charge < -0.3 is 10.1 Å². The van der Waals surface area contributed by atoms with Crippen LogP contribution >= 0.6 is 24.0 Å². The average Bonchev–Trinajstić information content (AvgIpc) is 3.10. The number of piperazine rings is 1. The van der Waals surface area contributed by atoms with Gasteiger partial charge in [-0.3, -0.25) is 0 Å². The Hall–Kier alpha value is -1.31. The molecule has 1 atom stereocenters. The van der Waals surface area contributed by atoms with Gasteiger partial charge in [0.05, 0.1) is 17.5 Å². The van der Waals surface area contributed by atoms with E-state index in [-0.39, 0.29) is 18.4 Å². The largest absolute Gasteiger partial charge is 0.493 e. The van der Waals surface area contributed by atoms with Crippen LogP contribution in [-0.2, 0) is 16.4 Å². The highest BCUT2D eigenvalue weighted by molar-refractivity contribution is 7.89. The first kappa shape index (κ1) is 19.5. The summed E-state index contributed by atoms with van der Waals surface area (Å²) in [5.41, 5.74) is 1.77. The second-order valence-electron chi connectivity index (χ2n) is 6.23. The highest BCUT2D eigenvalue weighted by Crippen LogP contribution is 2.34. The number of fused-ring (bicyclic) bond motifs is 1. The number of benzene rings is 2. The van der Waals surface area contributed by atoms with Gasteiger partial charge >= 0.3 is 0 Å². The molecule has 1 N–H and O–H groups in total. The summed E-state index contributed by atoms with van der Waals surface area (Å²) in [7, 11) is -3.62. The molecule has 0 spiro atoms. The van der Waals surface area contributed by atoms with Crippen LogP contribution in [0.5, 0.6) is 5.75 Å². The van der Waals surface area contributed by atoms with Crippen LogP contribution in [0.2, 0.25) is 5.02 Å². The first-order valence-corrected chi connectivity index (χ1v) is 10.1. The number of nitrogens with zero attached hydrogens (tertiary/aromatic N) is 1. The van der Waals surface area contributed by atoms with Gasteiger partial charge in [0.1, 0.15) is 5.75 Å². The maximum atomic E-state index is 13.3. The van der Waals surface area contributed by atoms with Crippen molar-refractivity contribution in [3.05, 3.63) is 58.6 Å². The van der Waals surface area contributed by atoms with E-state index in [1.54, 1.807) is 28.6 Å². The molecular weight excluding hydrogens is 395 g/mol. The Kier molecular flexibility index (Phi) is 5.79. The zero-order chi connectivity index (χ0) is 17.4. The van der Waals surface area contributed by atoms with Crippen molar-refractivity contribution < 1.29 is 13.2 Å². The Labute approximate surface area is 164 Å². The fourth-order valence-electron chi connectivity index (χ4n) is 3.44. The Morgan fingerprint density at radius 1 is 1.19 bits per heavy atom. The van der Waals surface area contributed by atoms with E-state index >= 15 is 0 Å². The number of halogens is 2. The average molecular weight is 415 g/mol. The van der Waals surface area contributed by atoms with Gasteiger partial charge in [-0.05, 0) is 35.4 Å². The molecule has 2 aromatic rings. The van der Waals surface area contributed by atoms with Gasteiger partial charge in [-0.1, -0.05) is 29.8 Å². The van der Waals surface area contributed by atoms with Gasteiger partial charge in [0.25, 0.3) is 0 Å². The van der Waals surface area contributed by atoms with E-state index in [1.807, 2.05) is 18.2 Å². The van der Waals surface area contributed by atoms with E-state index < -0.39 is 10.0 Å². The van der Waals surface area contributed by atoms with Crippen LogP contribution in [0.1, 0.15) is 17.2 Å². The lowest BCUT2D eigenvalue weighted by atomic mass is 10.1. The van der Waals surface area contributed by atoms with Crippen molar-refractivity contribution in [3.63, 3.8) is 0 Å². The second kappa shape index (κ2) is 7.74. The molecule has 2 aliphatic rings. The summed E-state index contributed by atoms with van der Waals surface area (Å²) in [4.78, 5) is 0.315. The van der Waals surface area contributed by atoms with Crippen molar-refractivity contribution >= 4 is 34.0 Å². The normalized spacial score (nSPS) is 20.1. The molecule has 1 saturated heterocycles. The molecule has 2 aromatic carbocycles. The number of rotatable bonds is 3. The molecule has 1 fully saturated rings. The summed E-state index contributed by atoms with van der Waals surface area (Å²) in [6.45, 7) is 2.17. The minimum absolute atomic E-state index is 0. The Morgan fingerprint density at radius 2 is 2.00 bits per heavy atom. The van der Waals surface area contributed by atoms with Crippen molar-refractivity contribution in [2.45, 2.75) is 17.4 Å². The molecule has 0 radical (unpaired) electrons. The van der Waals surface area contributed by atoms with Crippen LogP contribution in [0.15, 0.2) is 47.4 Å². The highest BCUT2D eigenvalue weighted by Gasteiger charge is 2.35. The van der Waals surface area contributed by atoms with E-state index in [4.69, 9.17) is 16.3 Å². The summed E-state index contributed by atoms with van der Waals surface area (Å²) in [5, 5.41) is 3.85. The van der Waals surface area contributed by atoms with E-state index in [1.165, 1.54) is 0 Å². The summed E-state index contributed by atoms with van der Waals surface area (Å²) in [6.07, 6.45) is 0.744. The number of hydrogen-bond donors (Lipinski definition) is 1. The smallest absolute Gasteiger partial charge is 0.243 e. The van der Waals surface area contributed by atoms with Crippen LogP contribution in [0.25, 0.3) is 0 Å². The Bertz CT molecular complexity index is 905. The molecule has 0 amide bonds. The standard InChI is InChI=1S/C18H19ClN2O3S.ClH/c19-16-4-2-1-3-15(16)17-12-20-8-9-21(17)25(22,23)14-5-6-18-13(11-14)7-10-24-18;/h1-6,11,17,20H,7-10,12H2;1H. The topological polar surface area (TPSA) is 58.6 Å². The van der Waals surface area contributed by atoms with E-state index in [0.29, 0.717) is 36.2 Å². The zero-order valence-electron chi connectivity index (χ0n) is 14.0. The fourth-order valence-corrected chi connectivity index (χ4v) is 5.36.